The first-order valence-electron chi connectivity index (χ1n) is 8.46. The van der Waals surface area contributed by atoms with Crippen LogP contribution in [0.3, 0.4) is 0 Å². The molecule has 0 unspecified atom stereocenters. The molecule has 0 bridgehead atoms. The number of hydrogen-bond acceptors (Lipinski definition) is 6. The molecule has 0 spiro atoms. The third-order valence-corrected chi connectivity index (χ3v) is 4.21. The van der Waals surface area contributed by atoms with Gasteiger partial charge in [0.2, 0.25) is 5.91 Å². The van der Waals surface area contributed by atoms with Crippen LogP contribution in [0.1, 0.15) is 11.1 Å². The Morgan fingerprint density at radius 3 is 2.53 bits per heavy atom. The molecule has 0 heterocycles. The van der Waals surface area contributed by atoms with Gasteiger partial charge in [0.1, 0.15) is 5.75 Å². The summed E-state index contributed by atoms with van der Waals surface area (Å²) in [5, 5.41) is 13.4. The van der Waals surface area contributed by atoms with Crippen LogP contribution >= 0.6 is 23.8 Å². The molecule has 0 aliphatic heterocycles. The van der Waals surface area contributed by atoms with Crippen molar-refractivity contribution in [3.8, 4) is 5.75 Å². The molecule has 0 radical (unpaired) electrons. The lowest BCUT2D eigenvalue weighted by Gasteiger charge is -2.11. The highest BCUT2D eigenvalue weighted by atomic mass is 35.5. The van der Waals surface area contributed by atoms with Crippen molar-refractivity contribution < 1.29 is 19.2 Å². The third kappa shape index (κ3) is 7.49. The van der Waals surface area contributed by atoms with E-state index in [1.54, 1.807) is 18.2 Å². The molecule has 2 rings (SSSR count). The summed E-state index contributed by atoms with van der Waals surface area (Å²) in [6.07, 6.45) is 2.66. The van der Waals surface area contributed by atoms with Crippen molar-refractivity contribution in [2.75, 3.05) is 6.61 Å². The highest BCUT2D eigenvalue weighted by molar-refractivity contribution is 7.80. The van der Waals surface area contributed by atoms with Gasteiger partial charge in [-0.1, -0.05) is 11.6 Å². The number of halogens is 1. The van der Waals surface area contributed by atoms with E-state index in [0.29, 0.717) is 16.3 Å². The van der Waals surface area contributed by atoms with Gasteiger partial charge in [-0.2, -0.15) is 0 Å². The van der Waals surface area contributed by atoms with Gasteiger partial charge < -0.3 is 4.74 Å². The van der Waals surface area contributed by atoms with Crippen molar-refractivity contribution in [2.45, 2.75) is 6.92 Å². The summed E-state index contributed by atoms with van der Waals surface area (Å²) < 4.78 is 5.33. The van der Waals surface area contributed by atoms with Crippen LogP contribution in [0.5, 0.6) is 5.75 Å². The van der Waals surface area contributed by atoms with Crippen molar-refractivity contribution in [1.29, 1.82) is 0 Å². The first kappa shape index (κ1) is 22.8. The number of rotatable bonds is 6. The van der Waals surface area contributed by atoms with E-state index < -0.39 is 16.7 Å². The van der Waals surface area contributed by atoms with Crippen molar-refractivity contribution >= 4 is 52.5 Å². The van der Waals surface area contributed by atoms with Gasteiger partial charge in [0.25, 0.3) is 11.6 Å². The number of nitro benzene ring substituents is 1. The van der Waals surface area contributed by atoms with Crippen molar-refractivity contribution in [2.24, 2.45) is 0 Å². The van der Waals surface area contributed by atoms with Crippen LogP contribution < -0.4 is 20.9 Å². The third-order valence-electron chi connectivity index (χ3n) is 3.58. The van der Waals surface area contributed by atoms with Gasteiger partial charge >= 0.3 is 0 Å². The Labute approximate surface area is 182 Å². The van der Waals surface area contributed by atoms with E-state index in [0.717, 1.165) is 5.56 Å². The van der Waals surface area contributed by atoms with Gasteiger partial charge in [-0.05, 0) is 66.7 Å². The number of ether oxygens (including phenoxy) is 1. The average Bonchev–Trinajstić information content (AvgIpc) is 2.72. The molecule has 0 aliphatic rings. The van der Waals surface area contributed by atoms with Gasteiger partial charge in [-0.3, -0.25) is 35.9 Å². The molecule has 0 aromatic heterocycles. The largest absolute Gasteiger partial charge is 0.484 e. The molecule has 11 heteroatoms. The number of nitro groups is 1. The van der Waals surface area contributed by atoms with Crippen molar-refractivity contribution in [1.82, 2.24) is 16.2 Å². The normalized spacial score (nSPS) is 10.3. The second-order valence-electron chi connectivity index (χ2n) is 5.87. The smallest absolute Gasteiger partial charge is 0.276 e. The fraction of sp³-hybridized carbons (Fsp3) is 0.105. The molecule has 0 aliphatic carbocycles. The van der Waals surface area contributed by atoms with E-state index in [-0.39, 0.29) is 17.4 Å². The second kappa shape index (κ2) is 10.9. The molecule has 0 atom stereocenters. The zero-order chi connectivity index (χ0) is 22.1. The molecule has 156 valence electrons. The van der Waals surface area contributed by atoms with Crippen LogP contribution in [0.2, 0.25) is 5.02 Å². The molecule has 2 aromatic rings. The molecular formula is C19H17ClN4O5S. The molecule has 0 saturated heterocycles. The van der Waals surface area contributed by atoms with Crippen LogP contribution in [0.4, 0.5) is 5.69 Å². The number of carbonyl (C=O) groups excluding carboxylic acids is 2. The zero-order valence-electron chi connectivity index (χ0n) is 15.7. The Balaban J connectivity index is 1.72. The van der Waals surface area contributed by atoms with Crippen LogP contribution in [0, 0.1) is 17.0 Å². The SMILES string of the molecule is Cc1cc(OCC(=O)NNC(=S)NC(=O)/C=C/c2ccc([N+](=O)[O-])cc2)ccc1Cl. The number of thiocarbonyl (C=S) groups is 1. The summed E-state index contributed by atoms with van der Waals surface area (Å²) in [7, 11) is 0. The molecule has 2 aromatic carbocycles. The minimum atomic E-state index is -0.548. The molecular weight excluding hydrogens is 432 g/mol. The van der Waals surface area contributed by atoms with E-state index >= 15 is 0 Å². The van der Waals surface area contributed by atoms with E-state index in [1.807, 2.05) is 6.92 Å². The van der Waals surface area contributed by atoms with Gasteiger partial charge in [0.05, 0.1) is 4.92 Å². The zero-order valence-corrected chi connectivity index (χ0v) is 17.3. The number of hydrogen-bond donors (Lipinski definition) is 3. The lowest BCUT2D eigenvalue weighted by Crippen LogP contribution is -2.49. The quantitative estimate of drug-likeness (QED) is 0.268. The second-order valence-corrected chi connectivity index (χ2v) is 6.69. The predicted molar refractivity (Wildman–Crippen MR) is 116 cm³/mol. The van der Waals surface area contributed by atoms with Crippen molar-refractivity contribution in [3.63, 3.8) is 0 Å². The predicted octanol–water partition coefficient (Wildman–Crippen LogP) is 2.67. The summed E-state index contributed by atoms with van der Waals surface area (Å²) in [6.45, 7) is 1.54. The maximum Gasteiger partial charge on any atom is 0.276 e. The van der Waals surface area contributed by atoms with Crippen molar-refractivity contribution in [3.05, 3.63) is 74.8 Å². The van der Waals surface area contributed by atoms with Gasteiger partial charge in [-0.15, -0.1) is 0 Å². The van der Waals surface area contributed by atoms with Gasteiger partial charge in [0.15, 0.2) is 11.7 Å². The van der Waals surface area contributed by atoms with E-state index in [9.17, 15) is 19.7 Å². The molecule has 0 fully saturated rings. The fourth-order valence-corrected chi connectivity index (χ4v) is 2.35. The fourth-order valence-electron chi connectivity index (χ4n) is 2.08. The highest BCUT2D eigenvalue weighted by Crippen LogP contribution is 2.20. The Morgan fingerprint density at radius 1 is 1.20 bits per heavy atom. The summed E-state index contributed by atoms with van der Waals surface area (Å²) in [6, 6.07) is 10.7. The van der Waals surface area contributed by atoms with Gasteiger partial charge in [0, 0.05) is 23.2 Å². The summed E-state index contributed by atoms with van der Waals surface area (Å²) in [4.78, 5) is 33.7. The first-order chi connectivity index (χ1) is 14.2. The van der Waals surface area contributed by atoms with Crippen LogP contribution in [0.25, 0.3) is 6.08 Å². The lowest BCUT2D eigenvalue weighted by atomic mass is 10.2. The van der Waals surface area contributed by atoms with Crippen LogP contribution in [-0.2, 0) is 9.59 Å². The van der Waals surface area contributed by atoms with Gasteiger partial charge in [-0.25, -0.2) is 0 Å². The molecule has 3 N–H and O–H groups in total. The van der Waals surface area contributed by atoms with E-state index in [1.165, 1.54) is 36.4 Å². The standard InChI is InChI=1S/C19H17ClN4O5S/c1-12-10-15(7-8-16(12)20)29-11-18(26)22-23-19(30)21-17(25)9-4-13-2-5-14(6-3-13)24(27)28/h2-10H,11H2,1H3,(H,22,26)(H2,21,23,25,30)/b9-4+. The molecule has 9 nitrogen and oxygen atoms in total. The Hall–Kier alpha value is -3.50. The number of aryl methyl sites for hydroxylation is 1. The van der Waals surface area contributed by atoms with E-state index in [4.69, 9.17) is 28.6 Å². The molecule has 30 heavy (non-hydrogen) atoms. The number of nitrogens with one attached hydrogen (secondary N) is 3. The molecule has 0 saturated carbocycles. The molecule has 2 amide bonds. The topological polar surface area (TPSA) is 123 Å². The summed E-state index contributed by atoms with van der Waals surface area (Å²) >= 11 is 10.8. The average molecular weight is 449 g/mol. The Kier molecular flexibility index (Phi) is 8.27. The first-order valence-corrected chi connectivity index (χ1v) is 9.24. The number of amides is 2. The number of non-ortho nitro benzene ring substituents is 1. The number of hydrazine groups is 1. The maximum atomic E-state index is 11.8. The van der Waals surface area contributed by atoms with Crippen LogP contribution in [-0.4, -0.2) is 28.5 Å². The number of nitrogens with zero attached hydrogens (tertiary/aromatic N) is 1. The van der Waals surface area contributed by atoms with E-state index in [2.05, 4.69) is 16.2 Å². The number of benzene rings is 2. The van der Waals surface area contributed by atoms with Crippen LogP contribution in [0.15, 0.2) is 48.5 Å². The monoisotopic (exact) mass is 448 g/mol. The lowest BCUT2D eigenvalue weighted by molar-refractivity contribution is -0.384. The summed E-state index contributed by atoms with van der Waals surface area (Å²) in [5.74, 6) is -0.576. The minimum absolute atomic E-state index is 0.0482. The Bertz CT molecular complexity index is 995. The minimum Gasteiger partial charge on any atom is -0.484 e. The Morgan fingerprint density at radius 2 is 1.90 bits per heavy atom. The highest BCUT2D eigenvalue weighted by Gasteiger charge is 2.07. The summed E-state index contributed by atoms with van der Waals surface area (Å²) in [5.41, 5.74) is 6.03. The number of carbonyl (C=O) groups is 2. The maximum absolute atomic E-state index is 11.8.